The summed E-state index contributed by atoms with van der Waals surface area (Å²) in [6.07, 6.45) is -0.325. The second kappa shape index (κ2) is 6.99. The van der Waals surface area contributed by atoms with Gasteiger partial charge in [0.25, 0.3) is 11.3 Å². The molecule has 0 amide bonds. The minimum Gasteiger partial charge on any atom is -0.481 e. The molecule has 1 aliphatic heterocycles. The van der Waals surface area contributed by atoms with Gasteiger partial charge in [-0.15, -0.1) is 0 Å². The normalized spacial score (nSPS) is 19.5. The first-order valence-electron chi connectivity index (χ1n) is 8.09. The second-order valence-electron chi connectivity index (χ2n) is 6.80. The van der Waals surface area contributed by atoms with Crippen LogP contribution in [0.15, 0.2) is 42.5 Å². The first-order valence-corrected chi connectivity index (χ1v) is 11.0. The number of halogens is 1. The van der Waals surface area contributed by atoms with E-state index in [0.717, 1.165) is 6.26 Å². The summed E-state index contributed by atoms with van der Waals surface area (Å²) in [5.41, 5.74) is -0.313. The van der Waals surface area contributed by atoms with Gasteiger partial charge < -0.3 is 14.7 Å². The van der Waals surface area contributed by atoms with Gasteiger partial charge in [-0.3, -0.25) is 4.55 Å². The molecule has 2 aromatic carbocycles. The van der Waals surface area contributed by atoms with Crippen molar-refractivity contribution in [2.75, 3.05) is 14.9 Å². The highest BCUT2D eigenvalue weighted by atomic mass is 32.3. The Morgan fingerprint density at radius 2 is 1.82 bits per heavy atom. The first-order chi connectivity index (χ1) is 12.9. The molecule has 11 heteroatoms. The third kappa shape index (κ3) is 3.70. The van der Waals surface area contributed by atoms with Crippen LogP contribution in [0, 0.1) is 5.82 Å². The topological polar surface area (TPSA) is 107 Å². The molecule has 2 aromatic rings. The summed E-state index contributed by atoms with van der Waals surface area (Å²) >= 11 is -2.81. The SMILES string of the molecule is CC1(C)Oc2cc(N(S(=O)O)S(C)(=O)=O)ccc2N(c2ccc(F)cc2)C1O. The van der Waals surface area contributed by atoms with E-state index in [0.29, 0.717) is 15.1 Å². The van der Waals surface area contributed by atoms with E-state index in [1.807, 2.05) is 0 Å². The van der Waals surface area contributed by atoms with Crippen LogP contribution in [0.25, 0.3) is 0 Å². The number of nitrogens with zero attached hydrogens (tertiary/aromatic N) is 2. The Kier molecular flexibility index (Phi) is 5.13. The maximum Gasteiger partial charge on any atom is 0.276 e. The van der Waals surface area contributed by atoms with E-state index in [1.54, 1.807) is 13.8 Å². The smallest absolute Gasteiger partial charge is 0.276 e. The zero-order valence-corrected chi connectivity index (χ0v) is 16.9. The zero-order chi connectivity index (χ0) is 20.9. The quantitative estimate of drug-likeness (QED) is 0.717. The van der Waals surface area contributed by atoms with E-state index in [4.69, 9.17) is 4.74 Å². The summed E-state index contributed by atoms with van der Waals surface area (Å²) < 4.78 is 64.2. The van der Waals surface area contributed by atoms with Crippen molar-refractivity contribution in [2.45, 2.75) is 25.7 Å². The number of sulfonamides is 1. The number of aliphatic hydroxyl groups excluding tert-OH is 1. The van der Waals surface area contributed by atoms with E-state index >= 15 is 0 Å². The Balaban J connectivity index is 2.16. The zero-order valence-electron chi connectivity index (χ0n) is 15.2. The molecule has 3 rings (SSSR count). The lowest BCUT2D eigenvalue weighted by atomic mass is 10.0. The fourth-order valence-electron chi connectivity index (χ4n) is 2.96. The summed E-state index contributed by atoms with van der Waals surface area (Å²) in [4.78, 5) is 1.52. The van der Waals surface area contributed by atoms with Gasteiger partial charge >= 0.3 is 0 Å². The van der Waals surface area contributed by atoms with Gasteiger partial charge in [0.05, 0.1) is 17.6 Å². The fourth-order valence-corrected chi connectivity index (χ4v) is 4.67. The minimum atomic E-state index is -4.03. The summed E-state index contributed by atoms with van der Waals surface area (Å²) in [7, 11) is -4.03. The van der Waals surface area contributed by atoms with Crippen molar-refractivity contribution in [2.24, 2.45) is 0 Å². The molecule has 0 aliphatic carbocycles. The summed E-state index contributed by atoms with van der Waals surface area (Å²) in [6.45, 7) is 3.25. The van der Waals surface area contributed by atoms with Gasteiger partial charge in [0.1, 0.15) is 17.2 Å². The maximum absolute atomic E-state index is 13.3. The van der Waals surface area contributed by atoms with E-state index in [-0.39, 0.29) is 11.4 Å². The van der Waals surface area contributed by atoms with Crippen molar-refractivity contribution in [3.63, 3.8) is 0 Å². The van der Waals surface area contributed by atoms with Crippen LogP contribution in [0.4, 0.5) is 21.5 Å². The van der Waals surface area contributed by atoms with Crippen LogP contribution >= 0.6 is 0 Å². The lowest BCUT2D eigenvalue weighted by Gasteiger charge is -2.45. The van der Waals surface area contributed by atoms with E-state index < -0.39 is 38.9 Å². The third-order valence-corrected chi connectivity index (χ3v) is 6.70. The molecule has 2 atom stereocenters. The van der Waals surface area contributed by atoms with Crippen molar-refractivity contribution in [3.05, 3.63) is 48.3 Å². The van der Waals surface area contributed by atoms with Crippen molar-refractivity contribution < 1.29 is 31.4 Å². The monoisotopic (exact) mass is 430 g/mol. The molecule has 0 saturated heterocycles. The summed E-state index contributed by atoms with van der Waals surface area (Å²) in [6, 6.07) is 9.55. The Morgan fingerprint density at radius 3 is 2.36 bits per heavy atom. The molecule has 0 aromatic heterocycles. The third-order valence-electron chi connectivity index (χ3n) is 4.20. The van der Waals surface area contributed by atoms with Gasteiger partial charge in [0.15, 0.2) is 6.23 Å². The number of ether oxygens (including phenoxy) is 1. The molecule has 0 spiro atoms. The van der Waals surface area contributed by atoms with Crippen LogP contribution in [0.1, 0.15) is 13.8 Å². The minimum absolute atomic E-state index is 0.0756. The van der Waals surface area contributed by atoms with Crippen molar-refractivity contribution in [1.82, 2.24) is 0 Å². The van der Waals surface area contributed by atoms with Crippen LogP contribution in [-0.4, -0.2) is 40.4 Å². The molecule has 0 saturated carbocycles. The number of benzene rings is 2. The van der Waals surface area contributed by atoms with Crippen molar-refractivity contribution in [1.29, 1.82) is 0 Å². The first kappa shape index (κ1) is 20.5. The molecule has 2 N–H and O–H groups in total. The highest BCUT2D eigenvalue weighted by Gasteiger charge is 2.42. The predicted molar refractivity (Wildman–Crippen MR) is 104 cm³/mol. The number of hydrogen-bond acceptors (Lipinski definition) is 6. The van der Waals surface area contributed by atoms with Gasteiger partial charge in [-0.1, -0.05) is 0 Å². The maximum atomic E-state index is 13.3. The fraction of sp³-hybridized carbons (Fsp3) is 0.294. The van der Waals surface area contributed by atoms with Crippen LogP contribution < -0.4 is 13.3 Å². The lowest BCUT2D eigenvalue weighted by molar-refractivity contribution is -0.0343. The molecule has 152 valence electrons. The molecule has 2 unspecified atom stereocenters. The van der Waals surface area contributed by atoms with Gasteiger partial charge in [0.2, 0.25) is 10.0 Å². The molecule has 8 nitrogen and oxygen atoms in total. The molecule has 1 aliphatic rings. The van der Waals surface area contributed by atoms with Gasteiger partial charge in [-0.2, -0.15) is 3.71 Å². The highest BCUT2D eigenvalue weighted by Crippen LogP contribution is 2.45. The van der Waals surface area contributed by atoms with Crippen LogP contribution in [0.2, 0.25) is 0 Å². The molecule has 0 radical (unpaired) electrons. The van der Waals surface area contributed by atoms with Gasteiger partial charge in [-0.25, -0.2) is 17.0 Å². The Bertz CT molecular complexity index is 1030. The number of fused-ring (bicyclic) bond motifs is 1. The second-order valence-corrected chi connectivity index (χ2v) is 9.69. The molecule has 0 bridgehead atoms. The van der Waals surface area contributed by atoms with E-state index in [2.05, 4.69) is 0 Å². The van der Waals surface area contributed by atoms with Gasteiger partial charge in [0, 0.05) is 11.8 Å². The molecule has 28 heavy (non-hydrogen) atoms. The predicted octanol–water partition coefficient (Wildman–Crippen LogP) is 2.36. The van der Waals surface area contributed by atoms with Crippen LogP contribution in [0.3, 0.4) is 0 Å². The lowest BCUT2D eigenvalue weighted by Crippen LogP contribution is -2.54. The van der Waals surface area contributed by atoms with Crippen LogP contribution in [0.5, 0.6) is 5.75 Å². The molecular formula is C17H19FN2O6S2. The Hall–Kier alpha value is -2.21. The molecular weight excluding hydrogens is 411 g/mol. The molecule has 1 heterocycles. The van der Waals surface area contributed by atoms with Gasteiger partial charge in [-0.05, 0) is 50.2 Å². The summed E-state index contributed by atoms with van der Waals surface area (Å²) in [5.74, 6) is -0.244. The Labute approximate surface area is 164 Å². The largest absolute Gasteiger partial charge is 0.481 e. The van der Waals surface area contributed by atoms with E-state index in [1.165, 1.54) is 47.4 Å². The van der Waals surface area contributed by atoms with Crippen molar-refractivity contribution in [3.8, 4) is 5.75 Å². The average molecular weight is 430 g/mol. The standard InChI is InChI=1S/C17H19FN2O6S2/c1-17(2)16(21)19(12-6-4-11(18)5-7-12)14-9-8-13(10-15(14)26-17)20(27(22)23)28(3,24)25/h4-10,16,21H,1-3H3,(H,22,23). The molecule has 0 fully saturated rings. The Morgan fingerprint density at radius 1 is 1.21 bits per heavy atom. The van der Waals surface area contributed by atoms with Crippen LogP contribution in [-0.2, 0) is 21.3 Å². The average Bonchev–Trinajstić information content (AvgIpc) is 2.55. The van der Waals surface area contributed by atoms with E-state index in [9.17, 15) is 26.7 Å². The van der Waals surface area contributed by atoms with Crippen molar-refractivity contribution >= 4 is 38.4 Å². The number of hydrogen-bond donors (Lipinski definition) is 2. The number of rotatable bonds is 4. The number of aliphatic hydroxyl groups is 1. The highest BCUT2D eigenvalue weighted by molar-refractivity contribution is 8.05. The number of anilines is 3. The summed E-state index contributed by atoms with van der Waals surface area (Å²) in [5, 5.41) is 10.8.